The molecule has 1 aliphatic rings. The van der Waals surface area contributed by atoms with Gasteiger partial charge >= 0.3 is 0 Å². The number of rotatable bonds is 3. The molecule has 134 valence electrons. The van der Waals surface area contributed by atoms with E-state index < -0.39 is 10.0 Å². The monoisotopic (exact) mass is 368 g/mol. The maximum Gasteiger partial charge on any atom is 0.248 e. The molecule has 0 saturated heterocycles. The summed E-state index contributed by atoms with van der Waals surface area (Å²) in [7, 11) is -3.60. The first-order valence-corrected chi connectivity index (χ1v) is 10.0. The third-order valence-corrected chi connectivity index (χ3v) is 6.98. The summed E-state index contributed by atoms with van der Waals surface area (Å²) >= 11 is 0. The van der Waals surface area contributed by atoms with Crippen LogP contribution < -0.4 is 0 Å². The first kappa shape index (κ1) is 17.0. The molecule has 0 radical (unpaired) electrons. The van der Waals surface area contributed by atoms with Crippen LogP contribution in [0.4, 0.5) is 0 Å². The third-order valence-electron chi connectivity index (χ3n) is 4.87. The highest BCUT2D eigenvalue weighted by molar-refractivity contribution is 7.89. The number of nitrogens with zero attached hydrogens (tertiary/aromatic N) is 2. The van der Waals surface area contributed by atoms with E-state index in [1.807, 2.05) is 24.3 Å². The number of aryl methyl sites for hydroxylation is 2. The van der Waals surface area contributed by atoms with Crippen LogP contribution in [0.2, 0.25) is 0 Å². The highest BCUT2D eigenvalue weighted by Crippen LogP contribution is 2.31. The molecule has 0 bridgehead atoms. The fourth-order valence-electron chi connectivity index (χ4n) is 3.59. The second-order valence-electron chi connectivity index (χ2n) is 6.52. The molecule has 0 N–H and O–H groups in total. The molecule has 0 amide bonds. The molecule has 1 aromatic heterocycles. The van der Waals surface area contributed by atoms with Gasteiger partial charge in [-0.25, -0.2) is 8.42 Å². The number of sulfonamides is 1. The van der Waals surface area contributed by atoms with Crippen LogP contribution in [-0.4, -0.2) is 31.0 Å². The lowest BCUT2D eigenvalue weighted by atomic mass is 9.95. The van der Waals surface area contributed by atoms with Gasteiger partial charge in [-0.05, 0) is 42.2 Å². The predicted octanol–water partition coefficient (Wildman–Crippen LogP) is 3.92. The molecule has 0 unspecified atom stereocenters. The summed E-state index contributed by atoms with van der Waals surface area (Å²) in [6, 6.07) is 14.5. The van der Waals surface area contributed by atoms with E-state index >= 15 is 0 Å². The van der Waals surface area contributed by atoms with Crippen LogP contribution in [0.5, 0.6) is 0 Å². The van der Waals surface area contributed by atoms with Gasteiger partial charge in [0.25, 0.3) is 0 Å². The third kappa shape index (κ3) is 2.75. The van der Waals surface area contributed by atoms with Gasteiger partial charge in [0.2, 0.25) is 10.0 Å². The Balaban J connectivity index is 1.67. The molecule has 0 spiro atoms. The van der Waals surface area contributed by atoms with Gasteiger partial charge in [-0.2, -0.15) is 4.31 Å². The lowest BCUT2D eigenvalue weighted by Crippen LogP contribution is -2.35. The average molecular weight is 368 g/mol. The standard InChI is InChI=1S/C20H20N2O3S/c1-14-20(15(2)25-21-14)26(23,24)22-12-10-17(11-13-22)19-9-5-7-16-6-3-4-8-18(16)19/h3-10H,11-13H2,1-2H3. The van der Waals surface area contributed by atoms with E-state index in [1.165, 1.54) is 26.2 Å². The fourth-order valence-corrected chi connectivity index (χ4v) is 5.26. The van der Waals surface area contributed by atoms with Crippen molar-refractivity contribution in [3.8, 4) is 0 Å². The largest absolute Gasteiger partial charge is 0.360 e. The molecule has 0 saturated carbocycles. The van der Waals surface area contributed by atoms with Crippen LogP contribution in [0, 0.1) is 13.8 Å². The predicted molar refractivity (Wildman–Crippen MR) is 101 cm³/mol. The Morgan fingerprint density at radius 3 is 2.54 bits per heavy atom. The minimum Gasteiger partial charge on any atom is -0.360 e. The zero-order valence-electron chi connectivity index (χ0n) is 14.8. The molecule has 0 aliphatic carbocycles. The van der Waals surface area contributed by atoms with Gasteiger partial charge in [-0.15, -0.1) is 0 Å². The van der Waals surface area contributed by atoms with Crippen LogP contribution in [-0.2, 0) is 10.0 Å². The van der Waals surface area contributed by atoms with Crippen LogP contribution in [0.1, 0.15) is 23.4 Å². The second kappa shape index (κ2) is 6.37. The number of hydrogen-bond donors (Lipinski definition) is 0. The van der Waals surface area contributed by atoms with Gasteiger partial charge in [0, 0.05) is 13.1 Å². The Morgan fingerprint density at radius 1 is 1.08 bits per heavy atom. The molecular weight excluding hydrogens is 348 g/mol. The molecule has 6 heteroatoms. The van der Waals surface area contributed by atoms with Crippen LogP contribution >= 0.6 is 0 Å². The Hall–Kier alpha value is -2.44. The van der Waals surface area contributed by atoms with Gasteiger partial charge < -0.3 is 4.52 Å². The van der Waals surface area contributed by atoms with Crippen LogP contribution in [0.3, 0.4) is 0 Å². The zero-order chi connectivity index (χ0) is 18.3. The second-order valence-corrected chi connectivity index (χ2v) is 8.40. The molecule has 1 aliphatic heterocycles. The number of fused-ring (bicyclic) bond motifs is 1. The quantitative estimate of drug-likeness (QED) is 0.703. The summed E-state index contributed by atoms with van der Waals surface area (Å²) in [5.74, 6) is 0.339. The maximum atomic E-state index is 12.9. The number of benzene rings is 2. The summed E-state index contributed by atoms with van der Waals surface area (Å²) in [4.78, 5) is 0.194. The lowest BCUT2D eigenvalue weighted by Gasteiger charge is -2.26. The van der Waals surface area contributed by atoms with Crippen molar-refractivity contribution in [2.45, 2.75) is 25.2 Å². The van der Waals surface area contributed by atoms with E-state index in [0.717, 1.165) is 0 Å². The molecule has 26 heavy (non-hydrogen) atoms. The van der Waals surface area contributed by atoms with Crippen molar-refractivity contribution >= 4 is 26.4 Å². The highest BCUT2D eigenvalue weighted by Gasteiger charge is 2.32. The molecule has 5 nitrogen and oxygen atoms in total. The minimum absolute atomic E-state index is 0.194. The Labute approximate surface area is 153 Å². The summed E-state index contributed by atoms with van der Waals surface area (Å²) in [6.07, 6.45) is 2.69. The average Bonchev–Trinajstić information content (AvgIpc) is 3.00. The smallest absolute Gasteiger partial charge is 0.248 e. The first-order chi connectivity index (χ1) is 12.5. The molecule has 2 aromatic carbocycles. The summed E-state index contributed by atoms with van der Waals surface area (Å²) in [5, 5.41) is 6.17. The molecule has 3 aromatic rings. The summed E-state index contributed by atoms with van der Waals surface area (Å²) < 4.78 is 32.4. The summed E-state index contributed by atoms with van der Waals surface area (Å²) in [6.45, 7) is 4.09. The first-order valence-electron chi connectivity index (χ1n) is 8.58. The Kier molecular flexibility index (Phi) is 4.17. The van der Waals surface area contributed by atoms with E-state index in [-0.39, 0.29) is 4.90 Å². The molecule has 4 rings (SSSR count). The van der Waals surface area contributed by atoms with Crippen molar-refractivity contribution in [1.82, 2.24) is 9.46 Å². The number of hydrogen-bond acceptors (Lipinski definition) is 4. The van der Waals surface area contributed by atoms with Gasteiger partial charge in [-0.3, -0.25) is 0 Å². The Morgan fingerprint density at radius 2 is 1.85 bits per heavy atom. The van der Waals surface area contributed by atoms with Crippen LogP contribution in [0.15, 0.2) is 58.0 Å². The van der Waals surface area contributed by atoms with Gasteiger partial charge in [0.05, 0.1) is 0 Å². The van der Waals surface area contributed by atoms with Crippen molar-refractivity contribution in [3.63, 3.8) is 0 Å². The van der Waals surface area contributed by atoms with Gasteiger partial charge in [0.15, 0.2) is 5.76 Å². The Bertz CT molecular complexity index is 1090. The summed E-state index contributed by atoms with van der Waals surface area (Å²) in [5.41, 5.74) is 2.77. The van der Waals surface area contributed by atoms with E-state index in [1.54, 1.807) is 13.8 Å². The van der Waals surface area contributed by atoms with Crippen molar-refractivity contribution in [3.05, 3.63) is 65.6 Å². The lowest BCUT2D eigenvalue weighted by molar-refractivity contribution is 0.389. The SMILES string of the molecule is Cc1noc(C)c1S(=O)(=O)N1CC=C(c2cccc3ccccc23)CC1. The normalized spacial score (nSPS) is 16.0. The van der Waals surface area contributed by atoms with Crippen molar-refractivity contribution in [2.24, 2.45) is 0 Å². The highest BCUT2D eigenvalue weighted by atomic mass is 32.2. The van der Waals surface area contributed by atoms with Gasteiger partial charge in [0.1, 0.15) is 10.6 Å². The van der Waals surface area contributed by atoms with Crippen molar-refractivity contribution < 1.29 is 12.9 Å². The molecule has 2 heterocycles. The van der Waals surface area contributed by atoms with E-state index in [2.05, 4.69) is 29.4 Å². The van der Waals surface area contributed by atoms with E-state index in [0.29, 0.717) is 31.0 Å². The fraction of sp³-hybridized carbons (Fsp3) is 0.250. The van der Waals surface area contributed by atoms with E-state index in [4.69, 9.17) is 4.52 Å². The van der Waals surface area contributed by atoms with E-state index in [9.17, 15) is 8.42 Å². The topological polar surface area (TPSA) is 63.4 Å². The van der Waals surface area contributed by atoms with Crippen molar-refractivity contribution in [2.75, 3.05) is 13.1 Å². The minimum atomic E-state index is -3.60. The maximum absolute atomic E-state index is 12.9. The number of aromatic nitrogens is 1. The van der Waals surface area contributed by atoms with Crippen molar-refractivity contribution in [1.29, 1.82) is 0 Å². The molecular formula is C20H20N2O3S. The molecule has 0 fully saturated rings. The van der Waals surface area contributed by atoms with Gasteiger partial charge in [-0.1, -0.05) is 53.7 Å². The zero-order valence-corrected chi connectivity index (χ0v) is 15.6. The molecule has 0 atom stereocenters. The van der Waals surface area contributed by atoms with Crippen LogP contribution in [0.25, 0.3) is 16.3 Å².